The summed E-state index contributed by atoms with van der Waals surface area (Å²) in [5.74, 6) is 0.124. The summed E-state index contributed by atoms with van der Waals surface area (Å²) >= 11 is 0. The summed E-state index contributed by atoms with van der Waals surface area (Å²) < 4.78 is 0. The number of fused-ring (bicyclic) bond motifs is 3. The van der Waals surface area contributed by atoms with Gasteiger partial charge in [0.2, 0.25) is 0 Å². The number of benzene rings is 3. The molecule has 4 amide bonds. The van der Waals surface area contributed by atoms with E-state index in [0.717, 1.165) is 24.9 Å². The van der Waals surface area contributed by atoms with Gasteiger partial charge in [-0.3, -0.25) is 14.5 Å². The van der Waals surface area contributed by atoms with Gasteiger partial charge in [-0.05, 0) is 73.6 Å². The SMILES string of the molecule is CN(C)c1cccc(NC(=O)NC2C(=O)N(c3ccccc3)c3ccccc3N(C3CC4CCC3C4)C2=O)c1. The van der Waals surface area contributed by atoms with E-state index in [9.17, 15) is 14.4 Å². The molecule has 6 rings (SSSR count). The van der Waals surface area contributed by atoms with Gasteiger partial charge in [0, 0.05) is 37.2 Å². The molecule has 39 heavy (non-hydrogen) atoms. The van der Waals surface area contributed by atoms with Gasteiger partial charge in [0.25, 0.3) is 11.8 Å². The molecule has 1 aliphatic heterocycles. The highest BCUT2D eigenvalue weighted by molar-refractivity contribution is 6.24. The molecule has 0 spiro atoms. The van der Waals surface area contributed by atoms with E-state index in [1.807, 2.05) is 96.7 Å². The second kappa shape index (κ2) is 10.1. The number of para-hydroxylation sites is 3. The second-order valence-electron chi connectivity index (χ2n) is 10.9. The van der Waals surface area contributed by atoms with E-state index in [-0.39, 0.29) is 11.9 Å². The lowest BCUT2D eigenvalue weighted by atomic mass is 9.93. The first-order chi connectivity index (χ1) is 18.9. The van der Waals surface area contributed by atoms with E-state index >= 15 is 0 Å². The van der Waals surface area contributed by atoms with Gasteiger partial charge in [-0.25, -0.2) is 4.79 Å². The van der Waals surface area contributed by atoms with E-state index in [2.05, 4.69) is 10.6 Å². The lowest BCUT2D eigenvalue weighted by molar-refractivity contribution is -0.128. The molecule has 8 nitrogen and oxygen atoms in total. The standard InChI is InChI=1S/C31H33N5O3/c1-34(2)24-12-8-9-22(19-24)32-31(39)33-28-29(37)35(23-10-4-3-5-11-23)25-13-6-7-14-26(25)36(30(28)38)27-18-20-15-16-21(27)17-20/h3-14,19-21,27-28H,15-18H2,1-2H3,(H2,32,33,39). The first-order valence-corrected chi connectivity index (χ1v) is 13.6. The van der Waals surface area contributed by atoms with Crippen LogP contribution in [0.3, 0.4) is 0 Å². The fourth-order valence-electron chi connectivity index (χ4n) is 6.46. The van der Waals surface area contributed by atoms with E-state index < -0.39 is 18.0 Å². The van der Waals surface area contributed by atoms with Crippen LogP contribution in [-0.2, 0) is 9.59 Å². The maximum atomic E-state index is 14.3. The molecular weight excluding hydrogens is 490 g/mol. The zero-order valence-electron chi connectivity index (χ0n) is 22.2. The van der Waals surface area contributed by atoms with Crippen molar-refractivity contribution in [2.75, 3.05) is 34.1 Å². The molecule has 3 aliphatic rings. The summed E-state index contributed by atoms with van der Waals surface area (Å²) in [5.41, 5.74) is 3.49. The van der Waals surface area contributed by atoms with Crippen LogP contribution in [0.2, 0.25) is 0 Å². The van der Waals surface area contributed by atoms with Crippen molar-refractivity contribution >= 4 is 46.3 Å². The van der Waals surface area contributed by atoms with Gasteiger partial charge in [-0.2, -0.15) is 0 Å². The average molecular weight is 524 g/mol. The predicted molar refractivity (Wildman–Crippen MR) is 153 cm³/mol. The largest absolute Gasteiger partial charge is 0.378 e. The highest BCUT2D eigenvalue weighted by Gasteiger charge is 2.49. The van der Waals surface area contributed by atoms with Crippen molar-refractivity contribution < 1.29 is 14.4 Å². The minimum atomic E-state index is -1.38. The lowest BCUT2D eigenvalue weighted by Gasteiger charge is -2.35. The molecule has 8 heteroatoms. The van der Waals surface area contributed by atoms with E-state index in [1.165, 1.54) is 6.42 Å². The summed E-state index contributed by atoms with van der Waals surface area (Å²) in [6.45, 7) is 0. The van der Waals surface area contributed by atoms with Gasteiger partial charge in [0.05, 0.1) is 11.4 Å². The molecule has 0 aromatic heterocycles. The van der Waals surface area contributed by atoms with Gasteiger partial charge in [0.15, 0.2) is 6.04 Å². The number of urea groups is 1. The number of nitrogens with one attached hydrogen (secondary N) is 2. The van der Waals surface area contributed by atoms with Crippen molar-refractivity contribution in [3.05, 3.63) is 78.9 Å². The van der Waals surface area contributed by atoms with Gasteiger partial charge in [0.1, 0.15) is 0 Å². The Morgan fingerprint density at radius 1 is 0.846 bits per heavy atom. The quantitative estimate of drug-likeness (QED) is 0.454. The summed E-state index contributed by atoms with van der Waals surface area (Å²) in [4.78, 5) is 47.1. The number of amides is 4. The highest BCUT2D eigenvalue weighted by atomic mass is 16.2. The number of carbonyl (C=O) groups is 3. The van der Waals surface area contributed by atoms with Crippen molar-refractivity contribution in [1.82, 2.24) is 5.32 Å². The summed E-state index contributed by atoms with van der Waals surface area (Å²) in [6.07, 6.45) is 4.29. The predicted octanol–water partition coefficient (Wildman–Crippen LogP) is 5.14. The lowest BCUT2D eigenvalue weighted by Crippen LogP contribution is -2.58. The summed E-state index contributed by atoms with van der Waals surface area (Å²) in [5, 5.41) is 5.56. The highest BCUT2D eigenvalue weighted by Crippen LogP contribution is 2.50. The Morgan fingerprint density at radius 3 is 2.28 bits per heavy atom. The third-order valence-electron chi connectivity index (χ3n) is 8.28. The smallest absolute Gasteiger partial charge is 0.320 e. The van der Waals surface area contributed by atoms with Crippen LogP contribution >= 0.6 is 0 Å². The molecule has 200 valence electrons. The normalized spacial score (nSPS) is 23.8. The third-order valence-corrected chi connectivity index (χ3v) is 8.28. The van der Waals surface area contributed by atoms with Gasteiger partial charge in [-0.15, -0.1) is 0 Å². The fraction of sp³-hybridized carbons (Fsp3) is 0.323. The molecule has 2 aliphatic carbocycles. The molecular formula is C31H33N5O3. The molecule has 2 bridgehead atoms. The monoisotopic (exact) mass is 523 g/mol. The number of rotatable bonds is 5. The number of carbonyl (C=O) groups excluding carboxylic acids is 3. The van der Waals surface area contributed by atoms with E-state index in [4.69, 9.17) is 0 Å². The molecule has 4 atom stereocenters. The average Bonchev–Trinajstić information content (AvgIpc) is 3.55. The Kier molecular flexibility index (Phi) is 6.46. The number of nitrogens with zero attached hydrogens (tertiary/aromatic N) is 3. The van der Waals surface area contributed by atoms with Crippen LogP contribution in [0, 0.1) is 11.8 Å². The third kappa shape index (κ3) is 4.60. The molecule has 2 N–H and O–H groups in total. The zero-order valence-corrected chi connectivity index (χ0v) is 22.2. The number of hydrogen-bond acceptors (Lipinski definition) is 4. The van der Waals surface area contributed by atoms with Crippen LogP contribution in [-0.4, -0.2) is 44.0 Å². The maximum absolute atomic E-state index is 14.3. The Balaban J connectivity index is 1.38. The van der Waals surface area contributed by atoms with Crippen LogP contribution < -0.4 is 25.3 Å². The molecule has 3 aromatic rings. The molecule has 0 radical (unpaired) electrons. The van der Waals surface area contributed by atoms with Crippen LogP contribution in [0.4, 0.5) is 33.2 Å². The Morgan fingerprint density at radius 2 is 1.59 bits per heavy atom. The molecule has 2 fully saturated rings. The molecule has 1 heterocycles. The number of hydrogen-bond donors (Lipinski definition) is 2. The van der Waals surface area contributed by atoms with Crippen molar-refractivity contribution in [2.45, 2.75) is 37.8 Å². The Bertz CT molecular complexity index is 1410. The Hall–Kier alpha value is -4.33. The van der Waals surface area contributed by atoms with Gasteiger partial charge < -0.3 is 20.4 Å². The second-order valence-corrected chi connectivity index (χ2v) is 10.9. The maximum Gasteiger partial charge on any atom is 0.320 e. The first-order valence-electron chi connectivity index (χ1n) is 13.6. The van der Waals surface area contributed by atoms with Gasteiger partial charge >= 0.3 is 6.03 Å². The Labute approximate surface area is 228 Å². The van der Waals surface area contributed by atoms with Crippen molar-refractivity contribution in [3.8, 4) is 0 Å². The zero-order chi connectivity index (χ0) is 27.1. The summed E-state index contributed by atoms with van der Waals surface area (Å²) in [7, 11) is 3.84. The topological polar surface area (TPSA) is 85.0 Å². The number of anilines is 5. The van der Waals surface area contributed by atoms with E-state index in [0.29, 0.717) is 34.6 Å². The first kappa shape index (κ1) is 25.0. The van der Waals surface area contributed by atoms with Crippen molar-refractivity contribution in [3.63, 3.8) is 0 Å². The summed E-state index contributed by atoms with van der Waals surface area (Å²) in [6, 6.07) is 22.3. The van der Waals surface area contributed by atoms with Crippen LogP contribution in [0.5, 0.6) is 0 Å². The minimum absolute atomic E-state index is 0.00468. The molecule has 4 unspecified atom stereocenters. The van der Waals surface area contributed by atoms with E-state index in [1.54, 1.807) is 11.0 Å². The molecule has 2 saturated carbocycles. The van der Waals surface area contributed by atoms with Gasteiger partial charge in [-0.1, -0.05) is 42.8 Å². The van der Waals surface area contributed by atoms with Crippen molar-refractivity contribution in [1.29, 1.82) is 0 Å². The van der Waals surface area contributed by atoms with Crippen LogP contribution in [0.1, 0.15) is 25.7 Å². The van der Waals surface area contributed by atoms with Crippen LogP contribution in [0.25, 0.3) is 0 Å². The fourth-order valence-corrected chi connectivity index (χ4v) is 6.46. The molecule has 0 saturated heterocycles. The van der Waals surface area contributed by atoms with Crippen LogP contribution in [0.15, 0.2) is 78.9 Å². The molecule has 3 aromatic carbocycles. The van der Waals surface area contributed by atoms with Crippen molar-refractivity contribution in [2.24, 2.45) is 11.8 Å². The minimum Gasteiger partial charge on any atom is -0.378 e.